The van der Waals surface area contributed by atoms with Crippen molar-refractivity contribution in [1.82, 2.24) is 4.90 Å². The lowest BCUT2D eigenvalue weighted by molar-refractivity contribution is -0.143. The van der Waals surface area contributed by atoms with Gasteiger partial charge in [-0.15, -0.1) is 0 Å². The Balaban J connectivity index is 1.35. The van der Waals surface area contributed by atoms with Crippen molar-refractivity contribution < 1.29 is 23.8 Å². The molecule has 3 aliphatic rings. The smallest absolute Gasteiger partial charge is 0.410 e. The molecule has 3 aromatic carbocycles. The summed E-state index contributed by atoms with van der Waals surface area (Å²) in [7, 11) is 0. The van der Waals surface area contributed by atoms with Crippen LogP contribution in [0.3, 0.4) is 0 Å². The maximum absolute atomic E-state index is 13.6. The van der Waals surface area contributed by atoms with Crippen LogP contribution in [0, 0.1) is 5.92 Å². The van der Waals surface area contributed by atoms with Crippen LogP contribution in [-0.2, 0) is 39.3 Å². The minimum absolute atomic E-state index is 0.0363. The first-order valence-electron chi connectivity index (χ1n) is 15.8. The van der Waals surface area contributed by atoms with Crippen molar-refractivity contribution >= 4 is 33.7 Å². The molecular formula is C36H41BrN2O5. The number of benzene rings is 3. The molecule has 44 heavy (non-hydrogen) atoms. The van der Waals surface area contributed by atoms with Gasteiger partial charge in [0.1, 0.15) is 25.0 Å². The Hall–Kier alpha value is -3.52. The van der Waals surface area contributed by atoms with Crippen LogP contribution in [0.15, 0.2) is 71.2 Å². The molecule has 2 aliphatic carbocycles. The molecular weight excluding hydrogens is 620 g/mol. The number of nitrogens with zero attached hydrogens (tertiary/aromatic N) is 1. The van der Waals surface area contributed by atoms with Crippen molar-refractivity contribution in [3.05, 3.63) is 93.5 Å². The summed E-state index contributed by atoms with van der Waals surface area (Å²) < 4.78 is 18.6. The molecule has 0 radical (unpaired) electrons. The van der Waals surface area contributed by atoms with Gasteiger partial charge < -0.3 is 24.4 Å². The molecule has 1 aliphatic heterocycles. The number of fused-ring (bicyclic) bond motifs is 1. The number of hydrogen-bond donors (Lipinski definition) is 1. The number of esters is 1. The fraction of sp³-hybridized carbons (Fsp3) is 0.444. The second-order valence-corrected chi connectivity index (χ2v) is 13.0. The number of likely N-dealkylation sites (tertiary alicyclic amines) is 1. The molecule has 1 unspecified atom stereocenters. The number of halogens is 1. The summed E-state index contributed by atoms with van der Waals surface area (Å²) in [6, 6.07) is 21.6. The molecule has 1 amide bonds. The zero-order chi connectivity index (χ0) is 30.7. The number of carbonyl (C=O) groups excluding carboxylic acids is 2. The number of rotatable bonds is 9. The summed E-state index contributed by atoms with van der Waals surface area (Å²) in [6.45, 7) is 5.28. The topological polar surface area (TPSA) is 77.1 Å². The van der Waals surface area contributed by atoms with E-state index in [1.54, 1.807) is 6.92 Å². The molecule has 2 fully saturated rings. The maximum Gasteiger partial charge on any atom is 0.410 e. The number of anilines is 1. The zero-order valence-electron chi connectivity index (χ0n) is 25.5. The Morgan fingerprint density at radius 3 is 2.41 bits per heavy atom. The Morgan fingerprint density at radius 1 is 1.00 bits per heavy atom. The molecule has 0 aromatic heterocycles. The van der Waals surface area contributed by atoms with Crippen molar-refractivity contribution in [2.45, 2.75) is 83.1 Å². The van der Waals surface area contributed by atoms with E-state index in [1.165, 1.54) is 24.0 Å². The lowest BCUT2D eigenvalue weighted by atomic mass is 9.52. The quantitative estimate of drug-likeness (QED) is 0.236. The van der Waals surface area contributed by atoms with Gasteiger partial charge in [0.15, 0.2) is 0 Å². The predicted molar refractivity (Wildman–Crippen MR) is 174 cm³/mol. The Bertz CT molecular complexity index is 1480. The standard InChI is InChI=1S/C36H41BrN2O5/c1-3-42-34(40)24(2)38-33-31(43-22-25-12-6-4-7-13-25)21-29-27(32(33)37)20-30-28-16-10-11-17-36(28,29)18-19-39(30)35(41)44-23-26-14-8-5-9-15-26/h4-9,12-15,21,24,28,30,38H,3,10-11,16-20,22-23H2,1-2H3/t24?,28-,30+,36+/m1/s1. The van der Waals surface area contributed by atoms with Gasteiger partial charge in [0.25, 0.3) is 0 Å². The minimum atomic E-state index is -0.573. The SMILES string of the molecule is CCOC(=O)C(C)Nc1c(OCc2ccccc2)cc2c(c1Br)C[C@H]1[C@H]3CCCC[C@@]23CCN1C(=O)OCc1ccccc1. The molecule has 1 N–H and O–H groups in total. The first-order valence-corrected chi connectivity index (χ1v) is 16.6. The number of ether oxygens (including phenoxy) is 3. The van der Waals surface area contributed by atoms with E-state index >= 15 is 0 Å². The number of amides is 1. The molecule has 8 heteroatoms. The number of hydrogen-bond acceptors (Lipinski definition) is 6. The third-order valence-electron chi connectivity index (χ3n) is 9.72. The highest BCUT2D eigenvalue weighted by atomic mass is 79.9. The molecule has 2 bridgehead atoms. The van der Waals surface area contributed by atoms with Crippen LogP contribution in [0.1, 0.15) is 68.2 Å². The van der Waals surface area contributed by atoms with Gasteiger partial charge in [0, 0.05) is 22.5 Å². The molecule has 1 saturated heterocycles. The zero-order valence-corrected chi connectivity index (χ0v) is 27.1. The summed E-state index contributed by atoms with van der Waals surface area (Å²) in [5, 5.41) is 3.41. The average Bonchev–Trinajstić information content (AvgIpc) is 3.05. The van der Waals surface area contributed by atoms with Crippen molar-refractivity contribution in [1.29, 1.82) is 0 Å². The van der Waals surface area contributed by atoms with Crippen LogP contribution in [0.5, 0.6) is 5.75 Å². The molecule has 7 nitrogen and oxygen atoms in total. The third kappa shape index (κ3) is 5.93. The van der Waals surface area contributed by atoms with E-state index in [0.29, 0.717) is 32.1 Å². The predicted octanol–water partition coefficient (Wildman–Crippen LogP) is 7.79. The lowest BCUT2D eigenvalue weighted by Gasteiger charge is -2.58. The Morgan fingerprint density at radius 2 is 1.70 bits per heavy atom. The molecule has 232 valence electrons. The van der Waals surface area contributed by atoms with Gasteiger partial charge in [-0.2, -0.15) is 0 Å². The van der Waals surface area contributed by atoms with Gasteiger partial charge >= 0.3 is 12.1 Å². The van der Waals surface area contributed by atoms with Gasteiger partial charge in [-0.05, 0) is 89.7 Å². The normalized spacial score (nSPS) is 22.7. The van der Waals surface area contributed by atoms with E-state index in [4.69, 9.17) is 14.2 Å². The molecule has 1 heterocycles. The van der Waals surface area contributed by atoms with E-state index in [0.717, 1.165) is 46.3 Å². The Labute approximate surface area is 268 Å². The fourth-order valence-corrected chi connectivity index (χ4v) is 8.32. The highest BCUT2D eigenvalue weighted by Crippen LogP contribution is 2.58. The third-order valence-corrected chi connectivity index (χ3v) is 10.6. The number of nitrogens with one attached hydrogen (secondary N) is 1. The molecule has 3 aromatic rings. The summed E-state index contributed by atoms with van der Waals surface area (Å²) in [6.07, 6.45) is 5.87. The van der Waals surface area contributed by atoms with Crippen LogP contribution >= 0.6 is 15.9 Å². The van der Waals surface area contributed by atoms with Crippen LogP contribution in [0.4, 0.5) is 10.5 Å². The van der Waals surface area contributed by atoms with Gasteiger partial charge in [-0.25, -0.2) is 9.59 Å². The highest BCUT2D eigenvalue weighted by molar-refractivity contribution is 9.10. The van der Waals surface area contributed by atoms with Crippen molar-refractivity contribution in [3.63, 3.8) is 0 Å². The van der Waals surface area contributed by atoms with Gasteiger partial charge in [-0.3, -0.25) is 0 Å². The maximum atomic E-state index is 13.6. The van der Waals surface area contributed by atoms with Crippen molar-refractivity contribution in [2.75, 3.05) is 18.5 Å². The number of carbonyl (C=O) groups is 2. The second kappa shape index (κ2) is 13.2. The minimum Gasteiger partial charge on any atom is -0.487 e. The van der Waals surface area contributed by atoms with Crippen LogP contribution in [0.25, 0.3) is 0 Å². The van der Waals surface area contributed by atoms with Gasteiger partial charge in [-0.1, -0.05) is 73.5 Å². The van der Waals surface area contributed by atoms with Crippen molar-refractivity contribution in [3.8, 4) is 5.75 Å². The van der Waals surface area contributed by atoms with Gasteiger partial charge in [0.05, 0.1) is 12.3 Å². The lowest BCUT2D eigenvalue weighted by Crippen LogP contribution is -2.62. The van der Waals surface area contributed by atoms with E-state index < -0.39 is 6.04 Å². The monoisotopic (exact) mass is 660 g/mol. The van der Waals surface area contributed by atoms with Gasteiger partial charge in [0.2, 0.25) is 0 Å². The first-order chi connectivity index (χ1) is 21.4. The van der Waals surface area contributed by atoms with Crippen LogP contribution in [0.2, 0.25) is 0 Å². The molecule has 0 spiro atoms. The van der Waals surface area contributed by atoms with E-state index in [9.17, 15) is 9.59 Å². The molecule has 4 atom stereocenters. The fourth-order valence-electron chi connectivity index (χ4n) is 7.64. The van der Waals surface area contributed by atoms with Crippen molar-refractivity contribution in [2.24, 2.45) is 5.92 Å². The summed E-state index contributed by atoms with van der Waals surface area (Å²) in [5.41, 5.74) is 5.25. The summed E-state index contributed by atoms with van der Waals surface area (Å²) >= 11 is 3.97. The molecule has 6 rings (SSSR count). The second-order valence-electron chi connectivity index (χ2n) is 12.2. The highest BCUT2D eigenvalue weighted by Gasteiger charge is 2.56. The number of piperidine rings is 1. The van der Waals surface area contributed by atoms with Crippen LogP contribution in [-0.4, -0.2) is 42.2 Å². The summed E-state index contributed by atoms with van der Waals surface area (Å²) in [5.74, 6) is 0.756. The van der Waals surface area contributed by atoms with Crippen LogP contribution < -0.4 is 10.1 Å². The van der Waals surface area contributed by atoms with E-state index in [1.807, 2.05) is 60.4 Å². The summed E-state index contributed by atoms with van der Waals surface area (Å²) in [4.78, 5) is 28.2. The largest absolute Gasteiger partial charge is 0.487 e. The van der Waals surface area contributed by atoms with E-state index in [2.05, 4.69) is 39.4 Å². The first kappa shape index (κ1) is 30.5. The van der Waals surface area contributed by atoms with E-state index in [-0.39, 0.29) is 30.1 Å². The average molecular weight is 662 g/mol. The molecule has 1 saturated carbocycles. The Kier molecular flexibility index (Phi) is 9.17.